The lowest BCUT2D eigenvalue weighted by atomic mass is 10.1. The van der Waals surface area contributed by atoms with E-state index < -0.39 is 34.1 Å². The van der Waals surface area contributed by atoms with Crippen molar-refractivity contribution in [1.29, 1.82) is 0 Å². The molecule has 5 nitrogen and oxygen atoms in total. The van der Waals surface area contributed by atoms with E-state index in [1.54, 1.807) is 6.07 Å². The summed E-state index contributed by atoms with van der Waals surface area (Å²) in [5, 5.41) is 10.8. The van der Waals surface area contributed by atoms with Crippen molar-refractivity contribution in [2.45, 2.75) is 6.42 Å². The number of hydrogen-bond donors (Lipinski definition) is 3. The summed E-state index contributed by atoms with van der Waals surface area (Å²) in [6.45, 7) is 0.208. The summed E-state index contributed by atoms with van der Waals surface area (Å²) < 4.78 is 43.1. The first-order valence-corrected chi connectivity index (χ1v) is 9.70. The van der Waals surface area contributed by atoms with Gasteiger partial charge in [-0.05, 0) is 65.1 Å². The number of aliphatic hydroxyl groups excluding tert-OH is 1. The Hall–Kier alpha value is -1.56. The highest BCUT2D eigenvalue weighted by Gasteiger charge is 2.36. The quantitative estimate of drug-likeness (QED) is 0.284. The van der Waals surface area contributed by atoms with E-state index in [2.05, 4.69) is 10.8 Å². The first kappa shape index (κ1) is 21.2. The summed E-state index contributed by atoms with van der Waals surface area (Å²) in [5.41, 5.74) is 1.08. The summed E-state index contributed by atoms with van der Waals surface area (Å²) in [6.07, 6.45) is 0.780. The van der Waals surface area contributed by atoms with E-state index in [-0.39, 0.29) is 36.3 Å². The van der Waals surface area contributed by atoms with E-state index in [0.717, 1.165) is 12.5 Å². The molecule has 0 aliphatic heterocycles. The van der Waals surface area contributed by atoms with Crippen LogP contribution in [0.2, 0.25) is 5.02 Å². The molecule has 2 unspecified atom stereocenters. The molecule has 2 aromatic carbocycles. The molecule has 0 spiro atoms. The number of hydrogen-bond acceptors (Lipinski definition) is 4. The smallest absolute Gasteiger partial charge is 0.277 e. The fourth-order valence-corrected chi connectivity index (χ4v) is 3.27. The average Bonchev–Trinajstić information content (AvgIpc) is 3.42. The van der Waals surface area contributed by atoms with E-state index in [1.807, 2.05) is 22.6 Å². The van der Waals surface area contributed by atoms with Crippen molar-refractivity contribution in [3.05, 3.63) is 55.9 Å². The number of rotatable bonds is 7. The number of benzene rings is 2. The minimum absolute atomic E-state index is 0.0381. The van der Waals surface area contributed by atoms with Crippen LogP contribution in [0.15, 0.2) is 24.3 Å². The molecule has 28 heavy (non-hydrogen) atoms. The molecule has 1 amide bonds. The molecule has 0 heterocycles. The fourth-order valence-electron chi connectivity index (χ4n) is 2.63. The minimum atomic E-state index is -1.42. The molecule has 2 atom stereocenters. The van der Waals surface area contributed by atoms with Crippen molar-refractivity contribution < 1.29 is 27.9 Å². The number of carbonyl (C=O) groups is 1. The number of aliphatic hydroxyl groups is 1. The topological polar surface area (TPSA) is 70.6 Å². The second-order valence-electron chi connectivity index (χ2n) is 6.34. The Bertz CT molecular complexity index is 916. The zero-order chi connectivity index (χ0) is 20.4. The Kier molecular flexibility index (Phi) is 6.69. The molecule has 0 radical (unpaired) electrons. The van der Waals surface area contributed by atoms with Gasteiger partial charge in [0.1, 0.15) is 5.82 Å². The molecule has 10 heteroatoms. The van der Waals surface area contributed by atoms with Gasteiger partial charge in [-0.15, -0.1) is 0 Å². The Morgan fingerprint density at radius 1 is 1.25 bits per heavy atom. The first-order chi connectivity index (χ1) is 13.3. The maximum atomic E-state index is 14.4. The zero-order valence-corrected chi connectivity index (χ0v) is 17.2. The average molecular weight is 527 g/mol. The van der Waals surface area contributed by atoms with Gasteiger partial charge in [-0.2, -0.15) is 0 Å². The van der Waals surface area contributed by atoms with E-state index in [0.29, 0.717) is 3.57 Å². The van der Waals surface area contributed by atoms with Crippen molar-refractivity contribution in [3.8, 4) is 0 Å². The summed E-state index contributed by atoms with van der Waals surface area (Å²) >= 11 is 7.56. The van der Waals surface area contributed by atoms with Gasteiger partial charge >= 0.3 is 0 Å². The zero-order valence-electron chi connectivity index (χ0n) is 14.2. The van der Waals surface area contributed by atoms with Crippen LogP contribution in [0.5, 0.6) is 0 Å². The van der Waals surface area contributed by atoms with Crippen LogP contribution in [0.1, 0.15) is 16.8 Å². The summed E-state index contributed by atoms with van der Waals surface area (Å²) in [7, 11) is 0. The van der Waals surface area contributed by atoms with Crippen LogP contribution in [0.3, 0.4) is 0 Å². The predicted octanol–water partition coefficient (Wildman–Crippen LogP) is 4.40. The third-order valence-electron chi connectivity index (χ3n) is 4.36. The van der Waals surface area contributed by atoms with Gasteiger partial charge in [-0.3, -0.25) is 9.63 Å². The molecule has 0 aromatic heterocycles. The number of nitrogens with one attached hydrogen (secondary N) is 2. The van der Waals surface area contributed by atoms with Crippen LogP contribution in [0.4, 0.5) is 24.5 Å². The van der Waals surface area contributed by atoms with Crippen LogP contribution < -0.4 is 10.8 Å². The summed E-state index contributed by atoms with van der Waals surface area (Å²) in [6, 6.07) is 5.03. The first-order valence-electron chi connectivity index (χ1n) is 8.24. The standard InChI is InChI=1S/C18H15ClF3IN2O3/c19-12-5-11(18(27)25-28-7-9-3-8(9)6-26)17(16(22)15(12)21)24-14-2-1-10(23)4-13(14)20/h1-2,4-5,8-9,24,26H,3,6-7H2,(H,25,27). The lowest BCUT2D eigenvalue weighted by Crippen LogP contribution is -2.26. The second-order valence-corrected chi connectivity index (χ2v) is 7.99. The highest BCUT2D eigenvalue weighted by Crippen LogP contribution is 2.37. The lowest BCUT2D eigenvalue weighted by Gasteiger charge is -2.15. The van der Waals surface area contributed by atoms with Crippen LogP contribution in [-0.2, 0) is 4.84 Å². The number of hydroxylamine groups is 1. The van der Waals surface area contributed by atoms with Gasteiger partial charge in [0, 0.05) is 10.2 Å². The molecule has 1 saturated carbocycles. The highest BCUT2D eigenvalue weighted by molar-refractivity contribution is 14.1. The molecule has 150 valence electrons. The third-order valence-corrected chi connectivity index (χ3v) is 5.31. The fraction of sp³-hybridized carbons (Fsp3) is 0.278. The molecule has 3 N–H and O–H groups in total. The largest absolute Gasteiger partial charge is 0.396 e. The molecular weight excluding hydrogens is 512 g/mol. The Morgan fingerprint density at radius 2 is 2.00 bits per heavy atom. The normalized spacial score (nSPS) is 18.1. The van der Waals surface area contributed by atoms with Crippen molar-refractivity contribution in [3.63, 3.8) is 0 Å². The minimum Gasteiger partial charge on any atom is -0.396 e. The maximum Gasteiger partial charge on any atom is 0.277 e. The van der Waals surface area contributed by atoms with Gasteiger partial charge in [-0.1, -0.05) is 11.6 Å². The lowest BCUT2D eigenvalue weighted by molar-refractivity contribution is 0.0248. The van der Waals surface area contributed by atoms with E-state index in [9.17, 15) is 18.0 Å². The molecule has 1 aliphatic carbocycles. The van der Waals surface area contributed by atoms with Gasteiger partial charge in [0.2, 0.25) is 0 Å². The molecule has 3 rings (SSSR count). The molecular formula is C18H15ClF3IN2O3. The van der Waals surface area contributed by atoms with Crippen LogP contribution in [-0.4, -0.2) is 24.2 Å². The SMILES string of the molecule is O=C(NOCC1CC1CO)c1cc(Cl)c(F)c(F)c1Nc1ccc(I)cc1F. The Morgan fingerprint density at radius 3 is 2.64 bits per heavy atom. The number of halogens is 5. The monoisotopic (exact) mass is 526 g/mol. The van der Waals surface area contributed by atoms with Crippen molar-refractivity contribution in [2.75, 3.05) is 18.5 Å². The van der Waals surface area contributed by atoms with E-state index in [1.165, 1.54) is 12.1 Å². The van der Waals surface area contributed by atoms with E-state index >= 15 is 0 Å². The summed E-state index contributed by atoms with van der Waals surface area (Å²) in [5.74, 6) is -4.11. The van der Waals surface area contributed by atoms with Gasteiger partial charge in [0.25, 0.3) is 5.91 Å². The van der Waals surface area contributed by atoms with E-state index in [4.69, 9.17) is 21.5 Å². The number of carbonyl (C=O) groups excluding carboxylic acids is 1. The van der Waals surface area contributed by atoms with Crippen LogP contribution >= 0.6 is 34.2 Å². The molecule has 0 bridgehead atoms. The molecule has 1 aliphatic rings. The molecule has 1 fully saturated rings. The predicted molar refractivity (Wildman–Crippen MR) is 106 cm³/mol. The molecule has 0 saturated heterocycles. The molecule has 2 aromatic rings. The second kappa shape index (κ2) is 8.85. The van der Waals surface area contributed by atoms with Crippen molar-refractivity contribution in [1.82, 2.24) is 5.48 Å². The number of anilines is 2. The third kappa shape index (κ3) is 4.70. The van der Waals surface area contributed by atoms with Gasteiger partial charge in [0.05, 0.1) is 28.6 Å². The Labute approximate surface area is 177 Å². The number of amides is 1. The maximum absolute atomic E-state index is 14.4. The summed E-state index contributed by atoms with van der Waals surface area (Å²) in [4.78, 5) is 17.5. The van der Waals surface area contributed by atoms with Crippen molar-refractivity contribution >= 4 is 51.5 Å². The van der Waals surface area contributed by atoms with Gasteiger partial charge < -0.3 is 10.4 Å². The van der Waals surface area contributed by atoms with Crippen LogP contribution in [0, 0.1) is 32.9 Å². The Balaban J connectivity index is 1.82. The van der Waals surface area contributed by atoms with Gasteiger partial charge in [-0.25, -0.2) is 18.7 Å². The van der Waals surface area contributed by atoms with Crippen molar-refractivity contribution in [2.24, 2.45) is 11.8 Å². The highest BCUT2D eigenvalue weighted by atomic mass is 127. The van der Waals surface area contributed by atoms with Gasteiger partial charge in [0.15, 0.2) is 11.6 Å². The van der Waals surface area contributed by atoms with Crippen LogP contribution in [0.25, 0.3) is 0 Å².